The molecule has 5 rings (SSSR count). The van der Waals surface area contributed by atoms with Crippen LogP contribution in [0.5, 0.6) is 0 Å². The Bertz CT molecular complexity index is 1100. The Morgan fingerprint density at radius 2 is 1.97 bits per heavy atom. The third-order valence-electron chi connectivity index (χ3n) is 6.40. The van der Waals surface area contributed by atoms with Crippen LogP contribution in [0.3, 0.4) is 0 Å². The number of anilines is 2. The van der Waals surface area contributed by atoms with E-state index in [1.165, 1.54) is 34.2 Å². The van der Waals surface area contributed by atoms with Gasteiger partial charge in [0.2, 0.25) is 5.91 Å². The van der Waals surface area contributed by atoms with Crippen LogP contribution in [0.2, 0.25) is 0 Å². The van der Waals surface area contributed by atoms with Crippen LogP contribution in [-0.4, -0.2) is 53.5 Å². The predicted octanol–water partition coefficient (Wildman–Crippen LogP) is 3.56. The summed E-state index contributed by atoms with van der Waals surface area (Å²) in [6, 6.07) is 6.02. The van der Waals surface area contributed by atoms with E-state index in [0.717, 1.165) is 54.5 Å². The topological polar surface area (TPSA) is 61.4 Å². The summed E-state index contributed by atoms with van der Waals surface area (Å²) in [4.78, 5) is 29.0. The van der Waals surface area contributed by atoms with Crippen molar-refractivity contribution < 1.29 is 4.79 Å². The van der Waals surface area contributed by atoms with Gasteiger partial charge >= 0.3 is 0 Å². The number of benzene rings is 1. The van der Waals surface area contributed by atoms with E-state index < -0.39 is 0 Å². The van der Waals surface area contributed by atoms with Gasteiger partial charge in [-0.3, -0.25) is 9.69 Å². The molecule has 6 nitrogen and oxygen atoms in total. The Labute approximate surface area is 180 Å². The molecule has 1 fully saturated rings. The van der Waals surface area contributed by atoms with Crippen molar-refractivity contribution in [1.82, 2.24) is 14.9 Å². The molecule has 3 aromatic rings. The Morgan fingerprint density at radius 3 is 2.80 bits per heavy atom. The lowest BCUT2D eigenvalue weighted by Gasteiger charge is -2.35. The number of hydrogen-bond donors (Lipinski definition) is 1. The second-order valence-corrected chi connectivity index (χ2v) is 9.38. The van der Waals surface area contributed by atoms with Gasteiger partial charge in [-0.15, -0.1) is 11.3 Å². The first-order chi connectivity index (χ1) is 14.6. The molecular formula is C23H27N5OS. The van der Waals surface area contributed by atoms with Crippen LogP contribution in [0.15, 0.2) is 24.5 Å². The summed E-state index contributed by atoms with van der Waals surface area (Å²) >= 11 is 1.84. The van der Waals surface area contributed by atoms with Crippen molar-refractivity contribution in [2.45, 2.75) is 33.1 Å². The number of carbonyl (C=O) groups excluding carboxylic acids is 1. The van der Waals surface area contributed by atoms with Gasteiger partial charge < -0.3 is 10.2 Å². The minimum Gasteiger partial charge on any atom is -0.353 e. The van der Waals surface area contributed by atoms with Gasteiger partial charge in [-0.05, 0) is 55.9 Å². The molecule has 0 unspecified atom stereocenters. The molecule has 0 atom stereocenters. The van der Waals surface area contributed by atoms with E-state index >= 15 is 0 Å². The molecule has 1 aromatic carbocycles. The maximum Gasteiger partial charge on any atom is 0.238 e. The molecule has 0 spiro atoms. The molecule has 7 heteroatoms. The highest BCUT2D eigenvalue weighted by molar-refractivity contribution is 7.19. The zero-order chi connectivity index (χ0) is 20.7. The molecule has 0 bridgehead atoms. The van der Waals surface area contributed by atoms with Crippen LogP contribution in [0.1, 0.15) is 28.0 Å². The number of hydrogen-bond acceptors (Lipinski definition) is 6. The second kappa shape index (κ2) is 7.96. The highest BCUT2D eigenvalue weighted by Gasteiger charge is 2.26. The molecule has 1 aliphatic carbocycles. The van der Waals surface area contributed by atoms with Crippen molar-refractivity contribution in [1.29, 1.82) is 0 Å². The number of piperazine rings is 1. The van der Waals surface area contributed by atoms with E-state index in [-0.39, 0.29) is 5.91 Å². The summed E-state index contributed by atoms with van der Waals surface area (Å²) in [5, 5.41) is 4.35. The standard InChI is InChI=1S/C23H27N5OS/c1-15-5-3-7-18(16(15)2)26-20(29)13-27-9-11-28(12-10-27)22-21-17-6-4-8-19(17)30-23(21)25-14-24-22/h3,5,7,14H,4,6,8-13H2,1-2H3,(H,26,29). The fourth-order valence-electron chi connectivity index (χ4n) is 4.55. The molecule has 1 saturated heterocycles. The van der Waals surface area contributed by atoms with Crippen LogP contribution in [0, 0.1) is 13.8 Å². The monoisotopic (exact) mass is 421 g/mol. The van der Waals surface area contributed by atoms with Crippen molar-refractivity contribution in [3.63, 3.8) is 0 Å². The summed E-state index contributed by atoms with van der Waals surface area (Å²) in [7, 11) is 0. The Balaban J connectivity index is 1.23. The maximum atomic E-state index is 12.6. The van der Waals surface area contributed by atoms with Gasteiger partial charge in [0.05, 0.1) is 11.9 Å². The molecule has 3 heterocycles. The largest absolute Gasteiger partial charge is 0.353 e. The molecule has 1 amide bonds. The van der Waals surface area contributed by atoms with Crippen molar-refractivity contribution in [3.8, 4) is 0 Å². The number of aromatic nitrogens is 2. The highest BCUT2D eigenvalue weighted by Crippen LogP contribution is 2.40. The number of carbonyl (C=O) groups is 1. The van der Waals surface area contributed by atoms with E-state index in [1.54, 1.807) is 6.33 Å². The normalized spacial score (nSPS) is 16.8. The Morgan fingerprint density at radius 1 is 1.13 bits per heavy atom. The number of amides is 1. The molecule has 2 aromatic heterocycles. The average molecular weight is 422 g/mol. The van der Waals surface area contributed by atoms with Crippen molar-refractivity contribution in [2.75, 3.05) is 42.9 Å². The van der Waals surface area contributed by atoms with Gasteiger partial charge in [0, 0.05) is 36.7 Å². The van der Waals surface area contributed by atoms with Gasteiger partial charge in [0.15, 0.2) is 0 Å². The van der Waals surface area contributed by atoms with Gasteiger partial charge in [-0.1, -0.05) is 12.1 Å². The lowest BCUT2D eigenvalue weighted by Crippen LogP contribution is -2.49. The zero-order valence-corrected chi connectivity index (χ0v) is 18.4. The summed E-state index contributed by atoms with van der Waals surface area (Å²) in [5.74, 6) is 1.14. The third kappa shape index (κ3) is 3.56. The highest BCUT2D eigenvalue weighted by atomic mass is 32.1. The molecule has 156 valence electrons. The number of aryl methyl sites for hydroxylation is 3. The molecule has 30 heavy (non-hydrogen) atoms. The molecule has 0 radical (unpaired) electrons. The lowest BCUT2D eigenvalue weighted by atomic mass is 10.1. The van der Waals surface area contributed by atoms with E-state index in [1.807, 2.05) is 30.4 Å². The zero-order valence-electron chi connectivity index (χ0n) is 17.6. The molecule has 1 N–H and O–H groups in total. The summed E-state index contributed by atoms with van der Waals surface area (Å²) < 4.78 is 0. The minimum absolute atomic E-state index is 0.0530. The fraction of sp³-hybridized carbons (Fsp3) is 0.435. The number of nitrogens with zero attached hydrogens (tertiary/aromatic N) is 4. The summed E-state index contributed by atoms with van der Waals surface area (Å²) in [6.45, 7) is 8.02. The van der Waals surface area contributed by atoms with Gasteiger partial charge in [-0.25, -0.2) is 9.97 Å². The summed E-state index contributed by atoms with van der Waals surface area (Å²) in [5.41, 5.74) is 4.71. The minimum atomic E-state index is 0.0530. The van der Waals surface area contributed by atoms with E-state index in [4.69, 9.17) is 0 Å². The average Bonchev–Trinajstić information content (AvgIpc) is 3.33. The first kappa shape index (κ1) is 19.5. The number of fused-ring (bicyclic) bond motifs is 3. The quantitative estimate of drug-likeness (QED) is 0.698. The Kier molecular flexibility index (Phi) is 5.16. The Hall–Kier alpha value is -2.51. The van der Waals surface area contributed by atoms with Crippen molar-refractivity contribution >= 4 is 39.0 Å². The predicted molar refractivity (Wildman–Crippen MR) is 123 cm³/mol. The van der Waals surface area contributed by atoms with Gasteiger partial charge in [0.1, 0.15) is 17.0 Å². The van der Waals surface area contributed by atoms with Gasteiger partial charge in [-0.2, -0.15) is 0 Å². The SMILES string of the molecule is Cc1cccc(NC(=O)CN2CCN(c3ncnc4sc5c(c34)CCC5)CC2)c1C. The van der Waals surface area contributed by atoms with Crippen LogP contribution in [-0.2, 0) is 17.6 Å². The molecule has 1 aliphatic heterocycles. The first-order valence-electron chi connectivity index (χ1n) is 10.7. The second-order valence-electron chi connectivity index (χ2n) is 8.29. The van der Waals surface area contributed by atoms with Crippen molar-refractivity contribution in [3.05, 3.63) is 46.1 Å². The fourth-order valence-corrected chi connectivity index (χ4v) is 5.77. The molecule has 2 aliphatic rings. The van der Waals surface area contributed by atoms with Gasteiger partial charge in [0.25, 0.3) is 0 Å². The van der Waals surface area contributed by atoms with Crippen LogP contribution < -0.4 is 10.2 Å². The maximum absolute atomic E-state index is 12.6. The van der Waals surface area contributed by atoms with Crippen LogP contribution >= 0.6 is 11.3 Å². The smallest absolute Gasteiger partial charge is 0.238 e. The first-order valence-corrected chi connectivity index (χ1v) is 11.5. The van der Waals surface area contributed by atoms with E-state index in [0.29, 0.717) is 6.54 Å². The number of nitrogens with one attached hydrogen (secondary N) is 1. The third-order valence-corrected chi connectivity index (χ3v) is 7.60. The number of rotatable bonds is 4. The summed E-state index contributed by atoms with van der Waals surface area (Å²) in [6.07, 6.45) is 5.27. The molecule has 0 saturated carbocycles. The van der Waals surface area contributed by atoms with Crippen molar-refractivity contribution in [2.24, 2.45) is 0 Å². The number of thiophene rings is 1. The van der Waals surface area contributed by atoms with E-state index in [2.05, 4.69) is 38.1 Å². The van der Waals surface area contributed by atoms with Crippen LogP contribution in [0.25, 0.3) is 10.2 Å². The van der Waals surface area contributed by atoms with E-state index in [9.17, 15) is 4.79 Å². The lowest BCUT2D eigenvalue weighted by molar-refractivity contribution is -0.117. The molecular weight excluding hydrogens is 394 g/mol. The van der Waals surface area contributed by atoms with Crippen LogP contribution in [0.4, 0.5) is 11.5 Å².